The number of ether oxygens (including phenoxy) is 3. The fourth-order valence-corrected chi connectivity index (χ4v) is 4.95. The molecule has 1 atom stereocenters. The largest absolute Gasteiger partial charge is 0.493 e. The summed E-state index contributed by atoms with van der Waals surface area (Å²) in [6.07, 6.45) is 0.957. The maximum atomic E-state index is 6.08. The van der Waals surface area contributed by atoms with Gasteiger partial charge in [0.15, 0.2) is 11.5 Å². The molecule has 1 aliphatic rings. The molecule has 164 valence electrons. The molecule has 0 aliphatic carbocycles. The molecule has 1 aliphatic heterocycles. The Morgan fingerprint density at radius 2 is 1.75 bits per heavy atom. The lowest BCUT2D eigenvalue weighted by Crippen LogP contribution is -2.30. The smallest absolute Gasteiger partial charge is 0.161 e. The fraction of sp³-hybridized carbons (Fsp3) is 0.231. The molecule has 0 radical (unpaired) electrons. The number of nitrogens with one attached hydrogen (secondary N) is 2. The van der Waals surface area contributed by atoms with Gasteiger partial charge in [-0.1, -0.05) is 46.3 Å². The molecule has 6 heteroatoms. The van der Waals surface area contributed by atoms with Crippen molar-refractivity contribution >= 4 is 26.8 Å². The van der Waals surface area contributed by atoms with Crippen molar-refractivity contribution < 1.29 is 14.2 Å². The van der Waals surface area contributed by atoms with E-state index in [-0.39, 0.29) is 6.04 Å². The second-order valence-electron chi connectivity index (χ2n) is 7.86. The van der Waals surface area contributed by atoms with Crippen molar-refractivity contribution in [3.63, 3.8) is 0 Å². The van der Waals surface area contributed by atoms with Crippen molar-refractivity contribution in [2.24, 2.45) is 0 Å². The summed E-state index contributed by atoms with van der Waals surface area (Å²) >= 11 is 3.73. The van der Waals surface area contributed by atoms with Crippen LogP contribution in [0.3, 0.4) is 0 Å². The highest BCUT2D eigenvalue weighted by molar-refractivity contribution is 9.10. The molecule has 0 saturated heterocycles. The van der Waals surface area contributed by atoms with Gasteiger partial charge < -0.3 is 24.5 Å². The zero-order valence-corrected chi connectivity index (χ0v) is 19.7. The molecule has 1 aromatic heterocycles. The molecule has 0 spiro atoms. The van der Waals surface area contributed by atoms with Gasteiger partial charge in [-0.05, 0) is 53.4 Å². The number of halogens is 1. The van der Waals surface area contributed by atoms with Crippen molar-refractivity contribution in [1.82, 2.24) is 10.3 Å². The van der Waals surface area contributed by atoms with Crippen LogP contribution in [-0.2, 0) is 13.0 Å². The van der Waals surface area contributed by atoms with E-state index in [1.54, 1.807) is 14.2 Å². The SMILES string of the molecule is COc1cc(Br)c(C2NCCc3c2[nH]c2ccc(OCc4ccccc4)cc32)cc1OC. The van der Waals surface area contributed by atoms with E-state index in [0.717, 1.165) is 39.8 Å². The van der Waals surface area contributed by atoms with Crippen molar-refractivity contribution in [2.75, 3.05) is 20.8 Å². The van der Waals surface area contributed by atoms with E-state index in [0.29, 0.717) is 18.1 Å². The lowest BCUT2D eigenvalue weighted by atomic mass is 9.94. The molecule has 4 aromatic rings. The van der Waals surface area contributed by atoms with Crippen molar-refractivity contribution in [3.8, 4) is 17.2 Å². The minimum absolute atomic E-state index is 0.0222. The summed E-state index contributed by atoms with van der Waals surface area (Å²) < 4.78 is 18.1. The van der Waals surface area contributed by atoms with Crippen LogP contribution in [0.25, 0.3) is 10.9 Å². The highest BCUT2D eigenvalue weighted by atomic mass is 79.9. The minimum atomic E-state index is 0.0222. The summed E-state index contributed by atoms with van der Waals surface area (Å²) in [4.78, 5) is 3.65. The van der Waals surface area contributed by atoms with E-state index in [1.165, 1.54) is 16.6 Å². The van der Waals surface area contributed by atoms with E-state index < -0.39 is 0 Å². The molecule has 0 fully saturated rings. The Morgan fingerprint density at radius 3 is 2.53 bits per heavy atom. The van der Waals surface area contributed by atoms with Crippen LogP contribution in [0.1, 0.15) is 28.4 Å². The number of methoxy groups -OCH3 is 2. The van der Waals surface area contributed by atoms with Crippen LogP contribution in [0.4, 0.5) is 0 Å². The van der Waals surface area contributed by atoms with E-state index in [2.05, 4.69) is 50.5 Å². The summed E-state index contributed by atoms with van der Waals surface area (Å²) in [5.74, 6) is 2.30. The highest BCUT2D eigenvalue weighted by Gasteiger charge is 2.28. The number of H-pyrrole nitrogens is 1. The molecule has 5 nitrogen and oxygen atoms in total. The molecule has 2 N–H and O–H groups in total. The number of fused-ring (bicyclic) bond motifs is 3. The van der Waals surface area contributed by atoms with Crippen LogP contribution in [-0.4, -0.2) is 25.7 Å². The summed E-state index contributed by atoms with van der Waals surface area (Å²) in [7, 11) is 3.31. The summed E-state index contributed by atoms with van der Waals surface area (Å²) in [5, 5.41) is 4.87. The molecule has 5 rings (SSSR count). The van der Waals surface area contributed by atoms with E-state index in [9.17, 15) is 0 Å². The van der Waals surface area contributed by atoms with Crippen LogP contribution < -0.4 is 19.5 Å². The fourth-order valence-electron chi connectivity index (χ4n) is 4.39. The summed E-state index contributed by atoms with van der Waals surface area (Å²) in [6, 6.07) is 20.5. The van der Waals surface area contributed by atoms with E-state index >= 15 is 0 Å². The highest BCUT2D eigenvalue weighted by Crippen LogP contribution is 2.41. The van der Waals surface area contributed by atoms with Crippen LogP contribution in [0.5, 0.6) is 17.2 Å². The van der Waals surface area contributed by atoms with Gasteiger partial charge in [-0.25, -0.2) is 0 Å². The first-order valence-electron chi connectivity index (χ1n) is 10.6. The Labute approximate surface area is 195 Å². The molecule has 0 bridgehead atoms. The Hall–Kier alpha value is -2.96. The predicted octanol–water partition coefficient (Wildman–Crippen LogP) is 5.76. The molecule has 3 aromatic carbocycles. The standard InChI is InChI=1S/C26H25BrN2O3/c1-30-23-13-20(21(27)14-24(23)31-2)25-26-18(10-11-28-25)19-12-17(8-9-22(19)29-26)32-15-16-6-4-3-5-7-16/h3-9,12-14,25,28-29H,10-11,15H2,1-2H3. The van der Waals surface area contributed by atoms with Crippen LogP contribution in [0, 0.1) is 0 Å². The van der Waals surface area contributed by atoms with Gasteiger partial charge in [-0.3, -0.25) is 0 Å². The molecular weight excluding hydrogens is 468 g/mol. The quantitative estimate of drug-likeness (QED) is 0.359. The third-order valence-electron chi connectivity index (χ3n) is 5.98. The average Bonchev–Trinajstić information content (AvgIpc) is 3.21. The Balaban J connectivity index is 1.50. The normalized spacial score (nSPS) is 15.4. The summed E-state index contributed by atoms with van der Waals surface area (Å²) in [5.41, 5.74) is 5.89. The molecule has 32 heavy (non-hydrogen) atoms. The number of aromatic nitrogens is 1. The van der Waals surface area contributed by atoms with Crippen molar-refractivity contribution in [2.45, 2.75) is 19.1 Å². The van der Waals surface area contributed by atoms with Gasteiger partial charge in [0.2, 0.25) is 0 Å². The first kappa shape index (κ1) is 20.9. The Morgan fingerprint density at radius 1 is 0.969 bits per heavy atom. The Kier molecular flexibility index (Phi) is 5.81. The van der Waals surface area contributed by atoms with Gasteiger partial charge in [0.25, 0.3) is 0 Å². The average molecular weight is 493 g/mol. The maximum absolute atomic E-state index is 6.08. The zero-order chi connectivity index (χ0) is 22.1. The van der Waals surface area contributed by atoms with Crippen molar-refractivity contribution in [3.05, 3.63) is 87.5 Å². The Bertz CT molecular complexity index is 1250. The molecule has 0 amide bonds. The van der Waals surface area contributed by atoms with Crippen molar-refractivity contribution in [1.29, 1.82) is 0 Å². The third-order valence-corrected chi connectivity index (χ3v) is 6.67. The number of benzene rings is 3. The van der Waals surface area contributed by atoms with Crippen LogP contribution >= 0.6 is 15.9 Å². The lowest BCUT2D eigenvalue weighted by molar-refractivity contribution is 0.306. The van der Waals surface area contributed by atoms with E-state index in [1.807, 2.05) is 36.4 Å². The molecule has 1 unspecified atom stereocenters. The van der Waals surface area contributed by atoms with Gasteiger partial charge in [-0.15, -0.1) is 0 Å². The number of hydrogen-bond donors (Lipinski definition) is 2. The minimum Gasteiger partial charge on any atom is -0.493 e. The zero-order valence-electron chi connectivity index (χ0n) is 18.1. The van der Waals surface area contributed by atoms with E-state index in [4.69, 9.17) is 14.2 Å². The van der Waals surface area contributed by atoms with Gasteiger partial charge >= 0.3 is 0 Å². The lowest BCUT2D eigenvalue weighted by Gasteiger charge is -2.26. The predicted molar refractivity (Wildman–Crippen MR) is 130 cm³/mol. The first-order valence-corrected chi connectivity index (χ1v) is 11.4. The molecule has 2 heterocycles. The topological polar surface area (TPSA) is 55.5 Å². The second kappa shape index (κ2) is 8.88. The maximum Gasteiger partial charge on any atom is 0.161 e. The van der Waals surface area contributed by atoms with Gasteiger partial charge in [0.05, 0.1) is 20.3 Å². The van der Waals surface area contributed by atoms with Crippen LogP contribution in [0.15, 0.2) is 65.1 Å². The van der Waals surface area contributed by atoms with Gasteiger partial charge in [0, 0.05) is 27.6 Å². The van der Waals surface area contributed by atoms with Gasteiger partial charge in [0.1, 0.15) is 12.4 Å². The second-order valence-corrected chi connectivity index (χ2v) is 8.72. The third kappa shape index (κ3) is 3.85. The summed E-state index contributed by atoms with van der Waals surface area (Å²) in [6.45, 7) is 1.45. The monoisotopic (exact) mass is 492 g/mol. The van der Waals surface area contributed by atoms with Gasteiger partial charge in [-0.2, -0.15) is 0 Å². The number of aromatic amines is 1. The first-order chi connectivity index (χ1) is 15.7. The number of rotatable bonds is 6. The van der Waals surface area contributed by atoms with Crippen LogP contribution in [0.2, 0.25) is 0 Å². The number of hydrogen-bond acceptors (Lipinski definition) is 4. The molecular formula is C26H25BrN2O3. The molecule has 0 saturated carbocycles.